The van der Waals surface area contributed by atoms with Gasteiger partial charge in [0.05, 0.1) is 25.6 Å². The predicted molar refractivity (Wildman–Crippen MR) is 64.6 cm³/mol. The van der Waals surface area contributed by atoms with E-state index >= 15 is 0 Å². The fraction of sp³-hybridized carbons (Fsp3) is 0.500. The number of aromatic nitrogens is 2. The summed E-state index contributed by atoms with van der Waals surface area (Å²) in [5, 5.41) is 13.2. The topological polar surface area (TPSA) is 93.9 Å². The summed E-state index contributed by atoms with van der Waals surface area (Å²) >= 11 is 1.32. The Morgan fingerprint density at radius 1 is 1.71 bits per heavy atom. The first-order chi connectivity index (χ1) is 8.15. The van der Waals surface area contributed by atoms with Crippen molar-refractivity contribution in [1.29, 1.82) is 5.26 Å². The van der Waals surface area contributed by atoms with Crippen LogP contribution in [0.25, 0.3) is 0 Å². The molecule has 17 heavy (non-hydrogen) atoms. The van der Waals surface area contributed by atoms with Gasteiger partial charge in [-0.05, 0) is 13.2 Å². The Morgan fingerprint density at radius 3 is 2.94 bits per heavy atom. The van der Waals surface area contributed by atoms with E-state index in [2.05, 4.69) is 5.10 Å². The fourth-order valence-corrected chi connectivity index (χ4v) is 1.89. The van der Waals surface area contributed by atoms with Gasteiger partial charge in [0.25, 0.3) is 0 Å². The van der Waals surface area contributed by atoms with Gasteiger partial charge in [0.1, 0.15) is 16.4 Å². The first kappa shape index (κ1) is 13.4. The van der Waals surface area contributed by atoms with E-state index in [0.29, 0.717) is 18.0 Å². The number of nitrogen functional groups attached to an aromatic ring is 1. The molecule has 0 unspecified atom stereocenters. The molecule has 0 aliphatic heterocycles. The van der Waals surface area contributed by atoms with Gasteiger partial charge in [0.2, 0.25) is 0 Å². The lowest BCUT2D eigenvalue weighted by atomic mass is 10.3. The van der Waals surface area contributed by atoms with Crippen LogP contribution < -0.4 is 5.73 Å². The van der Waals surface area contributed by atoms with Crippen molar-refractivity contribution in [3.63, 3.8) is 0 Å². The summed E-state index contributed by atoms with van der Waals surface area (Å²) in [7, 11) is 0. The van der Waals surface area contributed by atoms with E-state index in [1.54, 1.807) is 13.2 Å². The molecule has 0 bridgehead atoms. The molecule has 0 amide bonds. The number of carbonyl (C=O) groups excluding carboxylic acids is 1. The lowest BCUT2D eigenvalue weighted by Crippen LogP contribution is -2.10. The van der Waals surface area contributed by atoms with Crippen LogP contribution in [0.5, 0.6) is 0 Å². The number of hydrogen-bond donors (Lipinski definition) is 1. The summed E-state index contributed by atoms with van der Waals surface area (Å²) in [5.41, 5.74) is 6.12. The van der Waals surface area contributed by atoms with E-state index < -0.39 is 5.97 Å². The van der Waals surface area contributed by atoms with Gasteiger partial charge in [-0.15, -0.1) is 11.8 Å². The Hall–Kier alpha value is -1.68. The quantitative estimate of drug-likeness (QED) is 0.628. The number of esters is 1. The van der Waals surface area contributed by atoms with Gasteiger partial charge in [-0.1, -0.05) is 0 Å². The maximum atomic E-state index is 11.7. The molecule has 1 rings (SSSR count). The molecular weight excluding hydrogens is 240 g/mol. The van der Waals surface area contributed by atoms with Gasteiger partial charge in [0, 0.05) is 0 Å². The third-order valence-corrected chi connectivity index (χ3v) is 2.74. The van der Waals surface area contributed by atoms with Crippen molar-refractivity contribution in [2.45, 2.75) is 24.9 Å². The molecule has 0 radical (unpaired) electrons. The van der Waals surface area contributed by atoms with Crippen LogP contribution in [0.4, 0.5) is 5.82 Å². The minimum absolute atomic E-state index is 0.253. The van der Waals surface area contributed by atoms with Gasteiger partial charge in [-0.25, -0.2) is 9.48 Å². The zero-order chi connectivity index (χ0) is 12.8. The van der Waals surface area contributed by atoms with E-state index in [1.165, 1.54) is 16.4 Å². The third kappa shape index (κ3) is 2.91. The number of nitrogens with two attached hydrogens (primary N) is 1. The standard InChI is InChI=1S/C10H14N4O2S/c1-3-16-10(15)7-8(12)14(6-4-5-11)13-9(7)17-2/h3-4,6,12H2,1-2H3. The van der Waals surface area contributed by atoms with Crippen molar-refractivity contribution in [2.75, 3.05) is 18.6 Å². The summed E-state index contributed by atoms with van der Waals surface area (Å²) in [6, 6.07) is 2.01. The fourth-order valence-electron chi connectivity index (χ4n) is 1.32. The maximum Gasteiger partial charge on any atom is 0.344 e. The molecule has 2 N–H and O–H groups in total. The second kappa shape index (κ2) is 6.15. The number of nitrogens with zero attached hydrogens (tertiary/aromatic N) is 3. The Balaban J connectivity index is 3.06. The van der Waals surface area contributed by atoms with Crippen LogP contribution in [0.1, 0.15) is 23.7 Å². The van der Waals surface area contributed by atoms with Gasteiger partial charge >= 0.3 is 5.97 Å². The normalized spacial score (nSPS) is 9.94. The number of ether oxygens (including phenoxy) is 1. The van der Waals surface area contributed by atoms with Crippen LogP contribution in [-0.2, 0) is 11.3 Å². The average Bonchev–Trinajstić information content (AvgIpc) is 2.63. The summed E-state index contributed by atoms with van der Waals surface area (Å²) < 4.78 is 6.38. The monoisotopic (exact) mass is 254 g/mol. The molecule has 0 spiro atoms. The highest BCUT2D eigenvalue weighted by molar-refractivity contribution is 7.98. The summed E-state index contributed by atoms with van der Waals surface area (Å²) in [4.78, 5) is 11.7. The minimum Gasteiger partial charge on any atom is -0.462 e. The van der Waals surface area contributed by atoms with E-state index in [0.717, 1.165) is 0 Å². The van der Waals surface area contributed by atoms with Crippen LogP contribution in [0, 0.1) is 11.3 Å². The highest BCUT2D eigenvalue weighted by Gasteiger charge is 2.22. The van der Waals surface area contributed by atoms with Gasteiger partial charge in [0.15, 0.2) is 0 Å². The highest BCUT2D eigenvalue weighted by Crippen LogP contribution is 2.25. The zero-order valence-corrected chi connectivity index (χ0v) is 10.6. The van der Waals surface area contributed by atoms with Crippen molar-refractivity contribution in [3.8, 4) is 6.07 Å². The molecule has 0 saturated heterocycles. The number of thioether (sulfide) groups is 1. The van der Waals surface area contributed by atoms with Gasteiger partial charge in [-0.3, -0.25) is 0 Å². The molecule has 0 aliphatic carbocycles. The van der Waals surface area contributed by atoms with Crippen molar-refractivity contribution in [3.05, 3.63) is 5.56 Å². The second-order valence-electron chi connectivity index (χ2n) is 3.12. The van der Waals surface area contributed by atoms with Crippen LogP contribution in [0.15, 0.2) is 5.03 Å². The predicted octanol–water partition coefficient (Wildman–Crippen LogP) is 1.28. The number of aryl methyl sites for hydroxylation is 1. The Labute approximate surface area is 104 Å². The van der Waals surface area contributed by atoms with Crippen LogP contribution in [0.2, 0.25) is 0 Å². The minimum atomic E-state index is -0.474. The summed E-state index contributed by atoms with van der Waals surface area (Å²) in [6.07, 6.45) is 2.10. The molecule has 0 aromatic carbocycles. The molecule has 1 aromatic heterocycles. The van der Waals surface area contributed by atoms with E-state index in [1.807, 2.05) is 6.07 Å². The van der Waals surface area contributed by atoms with Crippen molar-refractivity contribution < 1.29 is 9.53 Å². The smallest absolute Gasteiger partial charge is 0.344 e. The lowest BCUT2D eigenvalue weighted by Gasteiger charge is -2.02. The molecule has 7 heteroatoms. The molecule has 6 nitrogen and oxygen atoms in total. The van der Waals surface area contributed by atoms with Crippen LogP contribution >= 0.6 is 11.8 Å². The Kier molecular flexibility index (Phi) is 4.84. The second-order valence-corrected chi connectivity index (χ2v) is 3.92. The number of hydrogen-bond acceptors (Lipinski definition) is 6. The third-order valence-electron chi connectivity index (χ3n) is 2.07. The number of anilines is 1. The number of nitriles is 1. The molecule has 1 heterocycles. The highest BCUT2D eigenvalue weighted by atomic mass is 32.2. The van der Waals surface area contributed by atoms with E-state index in [9.17, 15) is 4.79 Å². The Morgan fingerprint density at radius 2 is 2.41 bits per heavy atom. The average molecular weight is 254 g/mol. The number of rotatable bonds is 5. The number of carbonyl (C=O) groups is 1. The largest absolute Gasteiger partial charge is 0.462 e. The summed E-state index contributed by atoms with van der Waals surface area (Å²) in [5.74, 6) is -0.222. The van der Waals surface area contributed by atoms with Gasteiger partial charge < -0.3 is 10.5 Å². The lowest BCUT2D eigenvalue weighted by molar-refractivity contribution is 0.0523. The first-order valence-corrected chi connectivity index (χ1v) is 6.32. The molecule has 0 aliphatic rings. The van der Waals surface area contributed by atoms with E-state index in [4.69, 9.17) is 15.7 Å². The SMILES string of the molecule is CCOC(=O)c1c(SC)nn(CCC#N)c1N. The van der Waals surface area contributed by atoms with Gasteiger partial charge in [-0.2, -0.15) is 10.4 Å². The maximum absolute atomic E-state index is 11.7. The summed E-state index contributed by atoms with van der Waals surface area (Å²) in [6.45, 7) is 2.39. The molecule has 0 saturated carbocycles. The molecule has 0 fully saturated rings. The molecule has 92 valence electrons. The Bertz CT molecular complexity index is 450. The van der Waals surface area contributed by atoms with E-state index in [-0.39, 0.29) is 18.0 Å². The molecule has 0 atom stereocenters. The van der Waals surface area contributed by atoms with Crippen molar-refractivity contribution in [2.24, 2.45) is 0 Å². The molecular formula is C10H14N4O2S. The zero-order valence-electron chi connectivity index (χ0n) is 9.77. The van der Waals surface area contributed by atoms with Crippen molar-refractivity contribution in [1.82, 2.24) is 9.78 Å². The van der Waals surface area contributed by atoms with Crippen LogP contribution in [-0.4, -0.2) is 28.6 Å². The first-order valence-electron chi connectivity index (χ1n) is 5.10. The molecule has 1 aromatic rings. The van der Waals surface area contributed by atoms with Crippen LogP contribution in [0.3, 0.4) is 0 Å². The van der Waals surface area contributed by atoms with Crippen molar-refractivity contribution >= 4 is 23.5 Å².